The van der Waals surface area contributed by atoms with Crippen molar-refractivity contribution in [1.82, 2.24) is 14.9 Å². The second-order valence-electron chi connectivity index (χ2n) is 10.1. The van der Waals surface area contributed by atoms with Crippen molar-refractivity contribution in [3.05, 3.63) is 52.5 Å². The quantitative estimate of drug-likeness (QED) is 0.712. The van der Waals surface area contributed by atoms with Crippen LogP contribution in [0.2, 0.25) is 0 Å². The summed E-state index contributed by atoms with van der Waals surface area (Å²) in [4.78, 5) is 26.2. The first-order chi connectivity index (χ1) is 15.7. The molecule has 4 heterocycles. The van der Waals surface area contributed by atoms with Crippen LogP contribution < -0.4 is 4.90 Å². The average molecular weight is 448 g/mol. The molecular weight excluding hydrogens is 414 g/mol. The molecule has 7 nitrogen and oxygen atoms in total. The number of carbonyl (C=O) groups is 1. The van der Waals surface area contributed by atoms with Gasteiger partial charge >= 0.3 is 0 Å². The SMILES string of the molecule is CC(C)c1nc(N2CCN(C(=O)Cc3cccnc3)C(C)C2)c(C#N)c2c1COC(C)(C)C2. The summed E-state index contributed by atoms with van der Waals surface area (Å²) in [5, 5.41) is 10.1. The zero-order chi connectivity index (χ0) is 23.8. The van der Waals surface area contributed by atoms with E-state index in [0.717, 1.165) is 28.2 Å². The van der Waals surface area contributed by atoms with Crippen molar-refractivity contribution >= 4 is 11.7 Å². The number of rotatable bonds is 4. The van der Waals surface area contributed by atoms with Crippen molar-refractivity contribution in [2.75, 3.05) is 24.5 Å². The smallest absolute Gasteiger partial charge is 0.227 e. The maximum Gasteiger partial charge on any atom is 0.227 e. The summed E-state index contributed by atoms with van der Waals surface area (Å²) in [7, 11) is 0. The van der Waals surface area contributed by atoms with E-state index in [2.05, 4.69) is 50.6 Å². The number of nitriles is 1. The Hall–Kier alpha value is -2.98. The number of pyridine rings is 2. The number of hydrogen-bond donors (Lipinski definition) is 0. The predicted molar refractivity (Wildman–Crippen MR) is 127 cm³/mol. The highest BCUT2D eigenvalue weighted by Crippen LogP contribution is 2.37. The van der Waals surface area contributed by atoms with Crippen LogP contribution in [0.25, 0.3) is 0 Å². The molecule has 1 unspecified atom stereocenters. The van der Waals surface area contributed by atoms with Crippen LogP contribution in [0.4, 0.5) is 5.82 Å². The number of nitrogens with zero attached hydrogens (tertiary/aromatic N) is 5. The van der Waals surface area contributed by atoms with Crippen LogP contribution >= 0.6 is 0 Å². The van der Waals surface area contributed by atoms with Crippen LogP contribution in [-0.4, -0.2) is 52.1 Å². The molecule has 0 aromatic carbocycles. The molecule has 0 N–H and O–H groups in total. The summed E-state index contributed by atoms with van der Waals surface area (Å²) in [6.45, 7) is 12.9. The van der Waals surface area contributed by atoms with E-state index >= 15 is 0 Å². The number of piperazine rings is 1. The number of carbonyl (C=O) groups excluding carboxylic acids is 1. The summed E-state index contributed by atoms with van der Waals surface area (Å²) in [6.07, 6.45) is 4.50. The molecule has 1 fully saturated rings. The highest BCUT2D eigenvalue weighted by Gasteiger charge is 2.35. The van der Waals surface area contributed by atoms with E-state index in [4.69, 9.17) is 9.72 Å². The number of hydrogen-bond acceptors (Lipinski definition) is 6. The minimum atomic E-state index is -0.309. The first-order valence-electron chi connectivity index (χ1n) is 11.7. The Labute approximate surface area is 196 Å². The molecule has 4 rings (SSSR count). The fourth-order valence-electron chi connectivity index (χ4n) is 4.90. The standard InChI is InChI=1S/C26H33N5O2/c1-17(2)24-22-16-33-26(4,5)12-20(22)21(13-27)25(29-24)30-9-10-31(18(3)15-30)23(32)11-19-7-6-8-28-14-19/h6-8,14,17-18H,9-12,15-16H2,1-5H3. The van der Waals surface area contributed by atoms with Crippen molar-refractivity contribution < 1.29 is 9.53 Å². The molecule has 0 bridgehead atoms. The van der Waals surface area contributed by atoms with Crippen LogP contribution in [-0.2, 0) is 29.0 Å². The zero-order valence-electron chi connectivity index (χ0n) is 20.3. The van der Waals surface area contributed by atoms with Gasteiger partial charge in [-0.2, -0.15) is 5.26 Å². The van der Waals surface area contributed by atoms with Gasteiger partial charge in [-0.15, -0.1) is 0 Å². The Morgan fingerprint density at radius 2 is 2.12 bits per heavy atom. The van der Waals surface area contributed by atoms with Gasteiger partial charge in [0, 0.05) is 50.1 Å². The minimum absolute atomic E-state index is 0.0228. The van der Waals surface area contributed by atoms with Crippen LogP contribution in [0.5, 0.6) is 0 Å². The highest BCUT2D eigenvalue weighted by atomic mass is 16.5. The Morgan fingerprint density at radius 3 is 2.76 bits per heavy atom. The molecule has 2 aliphatic heterocycles. The molecule has 7 heteroatoms. The molecule has 0 aliphatic carbocycles. The summed E-state index contributed by atoms with van der Waals surface area (Å²) in [6, 6.07) is 6.27. The third-order valence-electron chi connectivity index (χ3n) is 6.62. The van der Waals surface area contributed by atoms with E-state index in [9.17, 15) is 10.1 Å². The van der Waals surface area contributed by atoms with Gasteiger partial charge in [-0.3, -0.25) is 9.78 Å². The van der Waals surface area contributed by atoms with Crippen LogP contribution in [0.3, 0.4) is 0 Å². The Balaban J connectivity index is 1.60. The molecule has 2 aromatic rings. The minimum Gasteiger partial charge on any atom is -0.370 e. The molecule has 0 spiro atoms. The lowest BCUT2D eigenvalue weighted by atomic mass is 9.86. The van der Waals surface area contributed by atoms with Crippen molar-refractivity contribution in [2.24, 2.45) is 0 Å². The van der Waals surface area contributed by atoms with Crippen LogP contribution in [0, 0.1) is 11.3 Å². The van der Waals surface area contributed by atoms with E-state index in [1.807, 2.05) is 17.0 Å². The van der Waals surface area contributed by atoms with Gasteiger partial charge in [-0.05, 0) is 43.9 Å². The Bertz CT molecular complexity index is 1070. The van der Waals surface area contributed by atoms with Gasteiger partial charge in [0.1, 0.15) is 11.9 Å². The van der Waals surface area contributed by atoms with Crippen LogP contribution in [0.15, 0.2) is 24.5 Å². The first kappa shape index (κ1) is 23.2. The molecule has 1 saturated heterocycles. The van der Waals surface area contributed by atoms with Gasteiger partial charge < -0.3 is 14.5 Å². The van der Waals surface area contributed by atoms with Crippen molar-refractivity contribution in [2.45, 2.75) is 71.6 Å². The second-order valence-corrected chi connectivity index (χ2v) is 10.1. The van der Waals surface area contributed by atoms with Gasteiger partial charge in [-0.25, -0.2) is 4.98 Å². The van der Waals surface area contributed by atoms with Gasteiger partial charge in [0.05, 0.1) is 29.9 Å². The van der Waals surface area contributed by atoms with E-state index in [0.29, 0.717) is 44.6 Å². The lowest BCUT2D eigenvalue weighted by molar-refractivity contribution is -0.132. The van der Waals surface area contributed by atoms with E-state index in [1.165, 1.54) is 0 Å². The Morgan fingerprint density at radius 1 is 1.33 bits per heavy atom. The molecule has 0 saturated carbocycles. The number of ether oxygens (including phenoxy) is 1. The number of anilines is 1. The highest BCUT2D eigenvalue weighted by molar-refractivity contribution is 5.79. The van der Waals surface area contributed by atoms with Gasteiger partial charge in [0.25, 0.3) is 0 Å². The second kappa shape index (κ2) is 9.11. The predicted octanol–water partition coefficient (Wildman–Crippen LogP) is 3.60. The normalized spacial score (nSPS) is 19.8. The summed E-state index contributed by atoms with van der Waals surface area (Å²) < 4.78 is 6.06. The molecule has 1 amide bonds. The average Bonchev–Trinajstić information content (AvgIpc) is 2.77. The first-order valence-corrected chi connectivity index (χ1v) is 11.7. The van der Waals surface area contributed by atoms with Gasteiger partial charge in [0.15, 0.2) is 0 Å². The molecule has 2 aliphatic rings. The molecule has 174 valence electrons. The largest absolute Gasteiger partial charge is 0.370 e. The monoisotopic (exact) mass is 447 g/mol. The van der Waals surface area contributed by atoms with E-state index < -0.39 is 0 Å². The topological polar surface area (TPSA) is 82.4 Å². The molecular formula is C26H33N5O2. The van der Waals surface area contributed by atoms with Gasteiger partial charge in [0.2, 0.25) is 5.91 Å². The zero-order valence-corrected chi connectivity index (χ0v) is 20.3. The van der Waals surface area contributed by atoms with E-state index in [-0.39, 0.29) is 23.5 Å². The third-order valence-corrected chi connectivity index (χ3v) is 6.62. The molecule has 2 aromatic heterocycles. The lowest BCUT2D eigenvalue weighted by Gasteiger charge is -2.42. The number of amides is 1. The van der Waals surface area contributed by atoms with Crippen molar-refractivity contribution in [1.29, 1.82) is 5.26 Å². The van der Waals surface area contributed by atoms with Crippen molar-refractivity contribution in [3.63, 3.8) is 0 Å². The summed E-state index contributed by atoms with van der Waals surface area (Å²) in [5.41, 5.74) is 4.43. The molecule has 0 radical (unpaired) electrons. The maximum absolute atomic E-state index is 12.9. The number of aromatic nitrogens is 2. The Kier molecular flexibility index (Phi) is 6.40. The molecule has 1 atom stereocenters. The maximum atomic E-state index is 12.9. The van der Waals surface area contributed by atoms with Crippen molar-refractivity contribution in [3.8, 4) is 6.07 Å². The summed E-state index contributed by atoms with van der Waals surface area (Å²) >= 11 is 0. The fourth-order valence-corrected chi connectivity index (χ4v) is 4.90. The number of fused-ring (bicyclic) bond motifs is 1. The summed E-state index contributed by atoms with van der Waals surface area (Å²) in [5.74, 6) is 1.09. The van der Waals surface area contributed by atoms with Crippen LogP contribution in [0.1, 0.15) is 68.5 Å². The fraction of sp³-hybridized carbons (Fsp3) is 0.538. The third kappa shape index (κ3) is 4.72. The van der Waals surface area contributed by atoms with Gasteiger partial charge in [-0.1, -0.05) is 19.9 Å². The lowest BCUT2D eigenvalue weighted by Crippen LogP contribution is -2.55. The van der Waals surface area contributed by atoms with E-state index in [1.54, 1.807) is 12.4 Å². The molecule has 33 heavy (non-hydrogen) atoms.